The van der Waals surface area contributed by atoms with Crippen LogP contribution in [0.4, 0.5) is 0 Å². The third-order valence-electron chi connectivity index (χ3n) is 6.15. The highest BCUT2D eigenvalue weighted by molar-refractivity contribution is 6.99. The lowest BCUT2D eigenvalue weighted by Gasteiger charge is -2.44. The van der Waals surface area contributed by atoms with Crippen molar-refractivity contribution in [1.82, 2.24) is 0 Å². The van der Waals surface area contributed by atoms with E-state index < -0.39 is 8.32 Å². The first-order chi connectivity index (χ1) is 16.4. The molecule has 0 fully saturated rings. The number of ether oxygens (including phenoxy) is 2. The van der Waals surface area contributed by atoms with Crippen LogP contribution in [-0.4, -0.2) is 34.2 Å². The highest BCUT2D eigenvalue weighted by Crippen LogP contribution is 2.37. The standard InChI is InChI=1S/C30H40O3Si/c1-26(21-24-31-22-14-23-32-25-27-15-8-5-9-16-27)33-34(30(2,3)4,28-17-10-6-11-18-28)29-19-12-7-13-20-29/h5-13,15-20,26H,14,21-25H2,1-4H3/t26-/m0/s1. The molecule has 0 unspecified atom stereocenters. The topological polar surface area (TPSA) is 27.7 Å². The van der Waals surface area contributed by atoms with E-state index >= 15 is 0 Å². The van der Waals surface area contributed by atoms with E-state index in [1.807, 2.05) is 18.2 Å². The van der Waals surface area contributed by atoms with Gasteiger partial charge in [-0.05, 0) is 40.7 Å². The largest absolute Gasteiger partial charge is 0.405 e. The van der Waals surface area contributed by atoms with E-state index in [2.05, 4.69) is 100 Å². The summed E-state index contributed by atoms with van der Waals surface area (Å²) in [7, 11) is -2.51. The van der Waals surface area contributed by atoms with E-state index in [4.69, 9.17) is 13.9 Å². The highest BCUT2D eigenvalue weighted by atomic mass is 28.4. The summed E-state index contributed by atoms with van der Waals surface area (Å²) in [6, 6.07) is 31.9. The van der Waals surface area contributed by atoms with Crippen LogP contribution in [-0.2, 0) is 20.5 Å². The van der Waals surface area contributed by atoms with E-state index in [1.54, 1.807) is 0 Å². The fraction of sp³-hybridized carbons (Fsp3) is 0.400. The van der Waals surface area contributed by atoms with Gasteiger partial charge in [0.25, 0.3) is 8.32 Å². The molecule has 0 spiro atoms. The Labute approximate surface area is 207 Å². The van der Waals surface area contributed by atoms with Crippen molar-refractivity contribution >= 4 is 18.7 Å². The summed E-state index contributed by atoms with van der Waals surface area (Å²) in [6.07, 6.45) is 1.87. The van der Waals surface area contributed by atoms with Crippen molar-refractivity contribution < 1.29 is 13.9 Å². The minimum Gasteiger partial charge on any atom is -0.405 e. The first kappa shape index (κ1) is 26.4. The van der Waals surface area contributed by atoms with Crippen molar-refractivity contribution in [2.75, 3.05) is 19.8 Å². The zero-order valence-corrected chi connectivity index (χ0v) is 22.2. The van der Waals surface area contributed by atoms with Crippen LogP contribution in [0.2, 0.25) is 5.04 Å². The molecule has 3 aromatic carbocycles. The average Bonchev–Trinajstić information content (AvgIpc) is 2.85. The van der Waals surface area contributed by atoms with Crippen molar-refractivity contribution in [2.24, 2.45) is 0 Å². The lowest BCUT2D eigenvalue weighted by Crippen LogP contribution is -2.67. The second-order valence-corrected chi connectivity index (χ2v) is 14.1. The minimum atomic E-state index is -2.51. The Bertz CT molecular complexity index is 900. The molecule has 0 radical (unpaired) electrons. The molecule has 1 atom stereocenters. The van der Waals surface area contributed by atoms with Gasteiger partial charge in [0.15, 0.2) is 0 Å². The number of rotatable bonds is 13. The molecule has 3 nitrogen and oxygen atoms in total. The maximum Gasteiger partial charge on any atom is 0.261 e. The van der Waals surface area contributed by atoms with Gasteiger partial charge < -0.3 is 13.9 Å². The van der Waals surface area contributed by atoms with Crippen LogP contribution in [0.3, 0.4) is 0 Å². The average molecular weight is 477 g/mol. The summed E-state index contributed by atoms with van der Waals surface area (Å²) in [5.41, 5.74) is 1.21. The molecule has 0 aliphatic carbocycles. The van der Waals surface area contributed by atoms with Gasteiger partial charge in [-0.15, -0.1) is 0 Å². The lowest BCUT2D eigenvalue weighted by molar-refractivity contribution is 0.0624. The van der Waals surface area contributed by atoms with Gasteiger partial charge in [0.2, 0.25) is 0 Å². The molecule has 3 rings (SSSR count). The SMILES string of the molecule is C[C@@H](CCOCCCOCc1ccccc1)O[Si](c1ccccc1)(c1ccccc1)C(C)(C)C. The maximum absolute atomic E-state index is 7.10. The van der Waals surface area contributed by atoms with Crippen LogP contribution in [0.15, 0.2) is 91.0 Å². The molecule has 0 aliphatic heterocycles. The van der Waals surface area contributed by atoms with E-state index in [1.165, 1.54) is 15.9 Å². The lowest BCUT2D eigenvalue weighted by atomic mass is 10.2. The first-order valence-electron chi connectivity index (χ1n) is 12.4. The van der Waals surface area contributed by atoms with Crippen molar-refractivity contribution in [2.45, 2.75) is 58.3 Å². The zero-order chi connectivity index (χ0) is 24.3. The summed E-state index contributed by atoms with van der Waals surface area (Å²) in [5, 5.41) is 2.62. The fourth-order valence-corrected chi connectivity index (χ4v) is 9.17. The fourth-order valence-electron chi connectivity index (χ4n) is 4.43. The molecule has 0 aliphatic rings. The Hall–Kier alpha value is -2.24. The van der Waals surface area contributed by atoms with E-state index in [-0.39, 0.29) is 11.1 Å². The highest BCUT2D eigenvalue weighted by Gasteiger charge is 2.50. The van der Waals surface area contributed by atoms with Gasteiger partial charge >= 0.3 is 0 Å². The minimum absolute atomic E-state index is 0.0130. The van der Waals surface area contributed by atoms with Crippen LogP contribution in [0.25, 0.3) is 0 Å². The molecule has 0 bridgehead atoms. The molecular formula is C30H40O3Si. The maximum atomic E-state index is 7.10. The van der Waals surface area contributed by atoms with Gasteiger partial charge in [-0.2, -0.15) is 0 Å². The van der Waals surface area contributed by atoms with Crippen LogP contribution >= 0.6 is 0 Å². The van der Waals surface area contributed by atoms with Crippen molar-refractivity contribution in [3.05, 3.63) is 96.6 Å². The Balaban J connectivity index is 1.53. The Morgan fingerprint density at radius 3 is 1.71 bits per heavy atom. The molecule has 0 saturated heterocycles. The van der Waals surface area contributed by atoms with Crippen LogP contribution in [0.5, 0.6) is 0 Å². The molecule has 0 heterocycles. The summed E-state index contributed by atoms with van der Waals surface area (Å²) in [4.78, 5) is 0. The zero-order valence-electron chi connectivity index (χ0n) is 21.2. The Morgan fingerprint density at radius 2 is 1.18 bits per heavy atom. The third-order valence-corrected chi connectivity index (χ3v) is 11.3. The smallest absolute Gasteiger partial charge is 0.261 e. The van der Waals surface area contributed by atoms with Gasteiger partial charge in [-0.1, -0.05) is 112 Å². The first-order valence-corrected chi connectivity index (χ1v) is 14.3. The van der Waals surface area contributed by atoms with E-state index in [0.717, 1.165) is 12.8 Å². The predicted octanol–water partition coefficient (Wildman–Crippen LogP) is 5.97. The second kappa shape index (κ2) is 13.0. The van der Waals surface area contributed by atoms with Gasteiger partial charge in [0.05, 0.1) is 6.61 Å². The number of hydrogen-bond donors (Lipinski definition) is 0. The monoisotopic (exact) mass is 476 g/mol. The third kappa shape index (κ3) is 7.13. The van der Waals surface area contributed by atoms with Gasteiger partial charge in [-0.25, -0.2) is 0 Å². The Morgan fingerprint density at radius 1 is 0.676 bits per heavy atom. The summed E-state index contributed by atoms with van der Waals surface area (Å²) < 4.78 is 18.8. The van der Waals surface area contributed by atoms with Crippen molar-refractivity contribution in [3.8, 4) is 0 Å². The molecule has 0 saturated carbocycles. The van der Waals surface area contributed by atoms with E-state index in [0.29, 0.717) is 26.4 Å². The molecule has 0 amide bonds. The molecule has 4 heteroatoms. The number of benzene rings is 3. The van der Waals surface area contributed by atoms with Gasteiger partial charge in [0, 0.05) is 25.9 Å². The quantitative estimate of drug-likeness (QED) is 0.225. The van der Waals surface area contributed by atoms with Crippen molar-refractivity contribution in [1.29, 1.82) is 0 Å². The summed E-state index contributed by atoms with van der Waals surface area (Å²) >= 11 is 0. The van der Waals surface area contributed by atoms with Gasteiger partial charge in [-0.3, -0.25) is 0 Å². The van der Waals surface area contributed by atoms with Gasteiger partial charge in [0.1, 0.15) is 0 Å². The molecular weight excluding hydrogens is 436 g/mol. The predicted molar refractivity (Wildman–Crippen MR) is 144 cm³/mol. The number of hydrogen-bond acceptors (Lipinski definition) is 3. The molecule has 3 aromatic rings. The Kier molecular flexibility index (Phi) is 10.1. The molecule has 0 aromatic heterocycles. The van der Waals surface area contributed by atoms with Crippen molar-refractivity contribution in [3.63, 3.8) is 0 Å². The van der Waals surface area contributed by atoms with Crippen LogP contribution in [0.1, 0.15) is 46.1 Å². The van der Waals surface area contributed by atoms with Crippen LogP contribution < -0.4 is 10.4 Å². The van der Waals surface area contributed by atoms with Crippen LogP contribution in [0, 0.1) is 0 Å². The second-order valence-electron chi connectivity index (χ2n) is 9.88. The normalized spacial score (nSPS) is 13.1. The van der Waals surface area contributed by atoms with E-state index in [9.17, 15) is 0 Å². The molecule has 0 N–H and O–H groups in total. The molecule has 34 heavy (non-hydrogen) atoms. The summed E-state index contributed by atoms with van der Waals surface area (Å²) in [6.45, 7) is 11.9. The molecule has 182 valence electrons. The summed E-state index contributed by atoms with van der Waals surface area (Å²) in [5.74, 6) is 0.